The Morgan fingerprint density at radius 1 is 1.25 bits per heavy atom. The van der Waals surface area contributed by atoms with Crippen molar-refractivity contribution < 1.29 is 0 Å². The van der Waals surface area contributed by atoms with Crippen LogP contribution in [0.15, 0.2) is 12.1 Å². The molecule has 0 aliphatic carbocycles. The molecule has 0 heterocycles. The Bertz CT molecular complexity index is 295. The second-order valence-electron chi connectivity index (χ2n) is 2.76. The fraction of sp³-hybridized carbons (Fsp3) is 0.222. The lowest BCUT2D eigenvalue weighted by atomic mass is 10.2. The Balaban J connectivity index is 3.33. The van der Waals surface area contributed by atoms with E-state index in [1.807, 2.05) is 25.1 Å². The summed E-state index contributed by atoms with van der Waals surface area (Å²) in [6.07, 6.45) is 0. The lowest BCUT2D eigenvalue weighted by Crippen LogP contribution is -2.10. The zero-order valence-electron chi connectivity index (χ0n) is 7.06. The van der Waals surface area contributed by atoms with Crippen molar-refractivity contribution >= 4 is 28.9 Å². The van der Waals surface area contributed by atoms with E-state index in [0.29, 0.717) is 10.0 Å². The van der Waals surface area contributed by atoms with Crippen LogP contribution in [0.3, 0.4) is 0 Å². The van der Waals surface area contributed by atoms with Crippen molar-refractivity contribution in [2.75, 3.05) is 19.0 Å². The molecule has 0 N–H and O–H groups in total. The van der Waals surface area contributed by atoms with E-state index in [-0.39, 0.29) is 0 Å². The molecule has 0 spiro atoms. The maximum absolute atomic E-state index is 5.98. The first-order chi connectivity index (χ1) is 5.54. The summed E-state index contributed by atoms with van der Waals surface area (Å²) in [6, 6.07) is 3.60. The van der Waals surface area contributed by atoms with Crippen LogP contribution in [-0.2, 0) is 0 Å². The van der Waals surface area contributed by atoms with Crippen molar-refractivity contribution in [2.24, 2.45) is 0 Å². The third-order valence-corrected chi connectivity index (χ3v) is 2.39. The fourth-order valence-electron chi connectivity index (χ4n) is 1.06. The van der Waals surface area contributed by atoms with Crippen LogP contribution in [0.25, 0.3) is 0 Å². The molecule has 0 unspecified atom stereocenters. The Morgan fingerprint density at radius 2 is 1.83 bits per heavy atom. The molecule has 1 radical (unpaired) electrons. The molecule has 3 heteroatoms. The topological polar surface area (TPSA) is 3.24 Å². The molecule has 1 aromatic rings. The standard InChI is InChI=1S/C9H10Cl2N/c1-6-4-5-7(10)8(11)9(6)12(2)3/h4-5H,1H2,2-3H3. The Labute approximate surface area is 82.9 Å². The lowest BCUT2D eigenvalue weighted by molar-refractivity contribution is 1.12. The number of halogens is 2. The molecule has 12 heavy (non-hydrogen) atoms. The van der Waals surface area contributed by atoms with Crippen LogP contribution in [0.1, 0.15) is 5.56 Å². The third-order valence-electron chi connectivity index (χ3n) is 1.60. The van der Waals surface area contributed by atoms with E-state index in [9.17, 15) is 0 Å². The van der Waals surface area contributed by atoms with Crippen LogP contribution in [-0.4, -0.2) is 14.1 Å². The maximum Gasteiger partial charge on any atom is 0.0828 e. The molecule has 0 bridgehead atoms. The average molecular weight is 203 g/mol. The predicted molar refractivity (Wildman–Crippen MR) is 55.2 cm³/mol. The minimum Gasteiger partial charge on any atom is -0.376 e. The van der Waals surface area contributed by atoms with E-state index in [2.05, 4.69) is 6.92 Å². The SMILES string of the molecule is [CH2]c1ccc(Cl)c(Cl)c1N(C)C. The van der Waals surface area contributed by atoms with Gasteiger partial charge in [-0.05, 0) is 18.6 Å². The molecule has 0 aromatic heterocycles. The molecule has 0 atom stereocenters. The quantitative estimate of drug-likeness (QED) is 0.677. The predicted octanol–water partition coefficient (Wildman–Crippen LogP) is 3.24. The summed E-state index contributed by atoms with van der Waals surface area (Å²) in [5, 5.41) is 1.13. The Hall–Kier alpha value is -0.400. The summed E-state index contributed by atoms with van der Waals surface area (Å²) < 4.78 is 0. The van der Waals surface area contributed by atoms with Gasteiger partial charge in [-0.3, -0.25) is 0 Å². The van der Waals surface area contributed by atoms with Gasteiger partial charge in [-0.15, -0.1) is 0 Å². The van der Waals surface area contributed by atoms with Crippen LogP contribution in [0.5, 0.6) is 0 Å². The van der Waals surface area contributed by atoms with Crippen LogP contribution < -0.4 is 4.90 Å². The second kappa shape index (κ2) is 3.55. The monoisotopic (exact) mass is 202 g/mol. The van der Waals surface area contributed by atoms with Crippen molar-refractivity contribution in [1.29, 1.82) is 0 Å². The molecule has 1 nitrogen and oxygen atoms in total. The van der Waals surface area contributed by atoms with Crippen molar-refractivity contribution in [3.05, 3.63) is 34.7 Å². The van der Waals surface area contributed by atoms with Gasteiger partial charge in [-0.2, -0.15) is 0 Å². The summed E-state index contributed by atoms with van der Waals surface area (Å²) >= 11 is 11.8. The van der Waals surface area contributed by atoms with E-state index in [1.54, 1.807) is 6.07 Å². The highest BCUT2D eigenvalue weighted by atomic mass is 35.5. The molecular weight excluding hydrogens is 193 g/mol. The van der Waals surface area contributed by atoms with Gasteiger partial charge in [-0.25, -0.2) is 0 Å². The first kappa shape index (κ1) is 9.69. The summed E-state index contributed by atoms with van der Waals surface area (Å²) in [4.78, 5) is 1.90. The van der Waals surface area contributed by atoms with Gasteiger partial charge in [0.2, 0.25) is 0 Å². The van der Waals surface area contributed by atoms with Gasteiger partial charge < -0.3 is 4.90 Å². The highest BCUT2D eigenvalue weighted by molar-refractivity contribution is 6.43. The van der Waals surface area contributed by atoms with Crippen molar-refractivity contribution in [2.45, 2.75) is 0 Å². The first-order valence-corrected chi connectivity index (χ1v) is 4.27. The number of nitrogens with zero attached hydrogens (tertiary/aromatic N) is 1. The van der Waals surface area contributed by atoms with E-state index < -0.39 is 0 Å². The number of rotatable bonds is 1. The summed E-state index contributed by atoms with van der Waals surface area (Å²) in [5.41, 5.74) is 1.76. The molecule has 0 aliphatic heterocycles. The highest BCUT2D eigenvalue weighted by Gasteiger charge is 2.08. The molecule has 0 aliphatic rings. The number of anilines is 1. The molecule has 1 rings (SSSR count). The van der Waals surface area contributed by atoms with Gasteiger partial charge in [0.05, 0.1) is 15.7 Å². The molecule has 0 amide bonds. The number of hydrogen-bond acceptors (Lipinski definition) is 1. The van der Waals surface area contributed by atoms with Gasteiger partial charge in [-0.1, -0.05) is 29.3 Å². The molecule has 0 saturated carbocycles. The molecule has 0 saturated heterocycles. The zero-order chi connectivity index (χ0) is 9.30. The number of benzene rings is 1. The van der Waals surface area contributed by atoms with Gasteiger partial charge in [0.25, 0.3) is 0 Å². The van der Waals surface area contributed by atoms with Gasteiger partial charge >= 0.3 is 0 Å². The minimum atomic E-state index is 0.563. The van der Waals surface area contributed by atoms with E-state index >= 15 is 0 Å². The van der Waals surface area contributed by atoms with Crippen molar-refractivity contribution in [3.8, 4) is 0 Å². The van der Waals surface area contributed by atoms with Crippen LogP contribution in [0, 0.1) is 6.92 Å². The maximum atomic E-state index is 5.98. The van der Waals surface area contributed by atoms with Crippen molar-refractivity contribution in [1.82, 2.24) is 0 Å². The first-order valence-electron chi connectivity index (χ1n) is 3.51. The van der Waals surface area contributed by atoms with Crippen molar-refractivity contribution in [3.63, 3.8) is 0 Å². The van der Waals surface area contributed by atoms with Crippen LogP contribution >= 0.6 is 23.2 Å². The van der Waals surface area contributed by atoms with Crippen LogP contribution in [0.4, 0.5) is 5.69 Å². The van der Waals surface area contributed by atoms with E-state index in [1.165, 1.54) is 0 Å². The third kappa shape index (κ3) is 1.67. The summed E-state index contributed by atoms with van der Waals surface area (Å²) in [5.74, 6) is 0. The largest absolute Gasteiger partial charge is 0.376 e. The average Bonchev–Trinajstić information content (AvgIpc) is 1.97. The summed E-state index contributed by atoms with van der Waals surface area (Å²) in [7, 11) is 3.82. The zero-order valence-corrected chi connectivity index (χ0v) is 8.58. The molecule has 65 valence electrons. The smallest absolute Gasteiger partial charge is 0.0828 e. The number of hydrogen-bond donors (Lipinski definition) is 0. The fourth-order valence-corrected chi connectivity index (χ4v) is 1.57. The lowest BCUT2D eigenvalue weighted by Gasteiger charge is -2.17. The molecular formula is C9H10Cl2N. The van der Waals surface area contributed by atoms with Gasteiger partial charge in [0.1, 0.15) is 0 Å². The van der Waals surface area contributed by atoms with Gasteiger partial charge in [0.15, 0.2) is 0 Å². The normalized spacial score (nSPS) is 10.1. The minimum absolute atomic E-state index is 0.563. The Morgan fingerprint density at radius 3 is 2.25 bits per heavy atom. The van der Waals surface area contributed by atoms with E-state index in [0.717, 1.165) is 11.3 Å². The summed E-state index contributed by atoms with van der Waals surface area (Å²) in [6.45, 7) is 3.86. The van der Waals surface area contributed by atoms with Crippen LogP contribution in [0.2, 0.25) is 10.0 Å². The molecule has 0 fully saturated rings. The van der Waals surface area contributed by atoms with Gasteiger partial charge in [0, 0.05) is 14.1 Å². The Kier molecular flexibility index (Phi) is 2.86. The van der Waals surface area contributed by atoms with E-state index in [4.69, 9.17) is 23.2 Å². The second-order valence-corrected chi connectivity index (χ2v) is 3.55. The molecule has 1 aromatic carbocycles. The highest BCUT2D eigenvalue weighted by Crippen LogP contribution is 2.34.